The number of halogens is 1. The number of aryl methyl sites for hydroxylation is 1. The van der Waals surface area contributed by atoms with Crippen molar-refractivity contribution in [3.8, 4) is 0 Å². The quantitative estimate of drug-likeness (QED) is 0.497. The van der Waals surface area contributed by atoms with E-state index in [2.05, 4.69) is 15.9 Å². The zero-order valence-electron chi connectivity index (χ0n) is 9.15. The van der Waals surface area contributed by atoms with E-state index < -0.39 is 12.2 Å². The average molecular weight is 289 g/mol. The Morgan fingerprint density at radius 1 is 1.31 bits per heavy atom. The first-order valence-corrected chi connectivity index (χ1v) is 6.17. The standard InChI is InChI=1S/C11H17BrN2O2/c1-6-4-7(5-8(13)10(6)14)11(16)9(15)2-3-12/h4-5,9,11,15-16H,2-3,13-14H2,1H3. The van der Waals surface area contributed by atoms with Crippen LogP contribution >= 0.6 is 15.9 Å². The van der Waals surface area contributed by atoms with E-state index in [0.717, 1.165) is 5.56 Å². The number of nitrogens with two attached hydrogens (primary N) is 2. The summed E-state index contributed by atoms with van der Waals surface area (Å²) in [6, 6.07) is 3.35. The van der Waals surface area contributed by atoms with Gasteiger partial charge in [-0.3, -0.25) is 0 Å². The third-order valence-corrected chi connectivity index (χ3v) is 3.01. The van der Waals surface area contributed by atoms with E-state index in [0.29, 0.717) is 28.7 Å². The summed E-state index contributed by atoms with van der Waals surface area (Å²) in [6.45, 7) is 1.82. The fourth-order valence-electron chi connectivity index (χ4n) is 1.52. The second-order valence-electron chi connectivity index (χ2n) is 3.83. The summed E-state index contributed by atoms with van der Waals surface area (Å²) in [7, 11) is 0. The molecule has 90 valence electrons. The molecule has 0 heterocycles. The van der Waals surface area contributed by atoms with Gasteiger partial charge in [-0.15, -0.1) is 0 Å². The Morgan fingerprint density at radius 3 is 2.44 bits per heavy atom. The van der Waals surface area contributed by atoms with Crippen molar-refractivity contribution in [2.75, 3.05) is 16.8 Å². The summed E-state index contributed by atoms with van der Waals surface area (Å²) in [5.74, 6) is 0. The van der Waals surface area contributed by atoms with Gasteiger partial charge in [0, 0.05) is 5.33 Å². The molecule has 1 aromatic carbocycles. The highest BCUT2D eigenvalue weighted by Crippen LogP contribution is 2.27. The van der Waals surface area contributed by atoms with Crippen molar-refractivity contribution in [2.24, 2.45) is 0 Å². The van der Waals surface area contributed by atoms with Crippen LogP contribution in [-0.2, 0) is 0 Å². The average Bonchev–Trinajstić information content (AvgIpc) is 2.24. The fraction of sp³-hybridized carbons (Fsp3) is 0.455. The lowest BCUT2D eigenvalue weighted by Gasteiger charge is -2.19. The molecule has 16 heavy (non-hydrogen) atoms. The van der Waals surface area contributed by atoms with E-state index in [9.17, 15) is 10.2 Å². The number of anilines is 2. The van der Waals surface area contributed by atoms with Gasteiger partial charge in [-0.2, -0.15) is 0 Å². The minimum Gasteiger partial charge on any atom is -0.397 e. The molecular weight excluding hydrogens is 272 g/mol. The van der Waals surface area contributed by atoms with Gasteiger partial charge in [0.15, 0.2) is 0 Å². The topological polar surface area (TPSA) is 92.5 Å². The Balaban J connectivity index is 2.96. The highest BCUT2D eigenvalue weighted by molar-refractivity contribution is 9.09. The van der Waals surface area contributed by atoms with Crippen molar-refractivity contribution in [2.45, 2.75) is 25.6 Å². The van der Waals surface area contributed by atoms with Gasteiger partial charge in [0.05, 0.1) is 17.5 Å². The van der Waals surface area contributed by atoms with E-state index in [1.54, 1.807) is 12.1 Å². The first-order valence-electron chi connectivity index (χ1n) is 5.05. The summed E-state index contributed by atoms with van der Waals surface area (Å²) in [4.78, 5) is 0. The molecule has 0 fully saturated rings. The number of aliphatic hydroxyl groups is 2. The third kappa shape index (κ3) is 2.87. The first-order chi connectivity index (χ1) is 7.47. The monoisotopic (exact) mass is 288 g/mol. The number of rotatable bonds is 4. The summed E-state index contributed by atoms with van der Waals surface area (Å²) in [5, 5.41) is 20.2. The number of hydrogen-bond donors (Lipinski definition) is 4. The number of hydrogen-bond acceptors (Lipinski definition) is 4. The Bertz CT molecular complexity index is 348. The van der Waals surface area contributed by atoms with E-state index in [-0.39, 0.29) is 0 Å². The van der Waals surface area contributed by atoms with Crippen LogP contribution in [0.2, 0.25) is 0 Å². The molecule has 6 N–H and O–H groups in total. The molecule has 0 aliphatic heterocycles. The first kappa shape index (κ1) is 13.3. The Morgan fingerprint density at radius 2 is 1.94 bits per heavy atom. The Kier molecular flexibility index (Phi) is 4.58. The smallest absolute Gasteiger partial charge is 0.105 e. The Labute approximate surface area is 103 Å². The second kappa shape index (κ2) is 5.52. The third-order valence-electron chi connectivity index (χ3n) is 2.55. The van der Waals surface area contributed by atoms with Crippen LogP contribution in [0, 0.1) is 6.92 Å². The van der Waals surface area contributed by atoms with Crippen molar-refractivity contribution in [1.29, 1.82) is 0 Å². The van der Waals surface area contributed by atoms with Crippen molar-refractivity contribution in [1.82, 2.24) is 0 Å². The molecule has 2 atom stereocenters. The van der Waals surface area contributed by atoms with Crippen LogP contribution in [0.3, 0.4) is 0 Å². The highest BCUT2D eigenvalue weighted by atomic mass is 79.9. The minimum atomic E-state index is -0.931. The maximum Gasteiger partial charge on any atom is 0.105 e. The zero-order chi connectivity index (χ0) is 12.3. The van der Waals surface area contributed by atoms with Gasteiger partial charge in [0.2, 0.25) is 0 Å². The number of alkyl halides is 1. The van der Waals surface area contributed by atoms with Crippen molar-refractivity contribution in [3.63, 3.8) is 0 Å². The summed E-state index contributed by atoms with van der Waals surface area (Å²) < 4.78 is 0. The summed E-state index contributed by atoms with van der Waals surface area (Å²) in [6.07, 6.45) is -1.26. The molecule has 0 amide bonds. The molecule has 4 nitrogen and oxygen atoms in total. The molecule has 1 rings (SSSR count). The summed E-state index contributed by atoms with van der Waals surface area (Å²) >= 11 is 3.22. The van der Waals surface area contributed by atoms with Crippen molar-refractivity contribution < 1.29 is 10.2 Å². The maximum atomic E-state index is 9.89. The SMILES string of the molecule is Cc1cc(C(O)C(O)CCBr)cc(N)c1N. The number of nitrogen functional groups attached to an aromatic ring is 2. The molecule has 2 unspecified atom stereocenters. The van der Waals surface area contributed by atoms with Gasteiger partial charge in [-0.25, -0.2) is 0 Å². The van der Waals surface area contributed by atoms with E-state index in [1.165, 1.54) is 0 Å². The van der Waals surface area contributed by atoms with Crippen LogP contribution in [0.25, 0.3) is 0 Å². The van der Waals surface area contributed by atoms with Gasteiger partial charge in [0.1, 0.15) is 6.10 Å². The van der Waals surface area contributed by atoms with Crippen molar-refractivity contribution >= 4 is 27.3 Å². The summed E-state index contributed by atoms with van der Waals surface area (Å²) in [5.41, 5.74) is 13.8. The van der Waals surface area contributed by atoms with Gasteiger partial charge in [-0.1, -0.05) is 22.0 Å². The van der Waals surface area contributed by atoms with Crippen LogP contribution < -0.4 is 11.5 Å². The molecule has 0 radical (unpaired) electrons. The minimum absolute atomic E-state index is 0.431. The van der Waals surface area contributed by atoms with Crippen molar-refractivity contribution in [3.05, 3.63) is 23.3 Å². The van der Waals surface area contributed by atoms with Crippen LogP contribution in [0.1, 0.15) is 23.7 Å². The van der Waals surface area contributed by atoms with E-state index in [1.807, 2.05) is 6.92 Å². The lowest BCUT2D eigenvalue weighted by Crippen LogP contribution is -2.19. The van der Waals surface area contributed by atoms with Gasteiger partial charge in [0.25, 0.3) is 0 Å². The lowest BCUT2D eigenvalue weighted by atomic mass is 9.99. The molecule has 0 spiro atoms. The van der Waals surface area contributed by atoms with E-state index >= 15 is 0 Å². The van der Waals surface area contributed by atoms with Crippen LogP contribution in [-0.4, -0.2) is 21.6 Å². The molecule has 0 aromatic heterocycles. The Hall–Kier alpha value is -0.780. The predicted molar refractivity (Wildman–Crippen MR) is 69.4 cm³/mol. The molecule has 5 heteroatoms. The zero-order valence-corrected chi connectivity index (χ0v) is 10.7. The van der Waals surface area contributed by atoms with Gasteiger partial charge >= 0.3 is 0 Å². The predicted octanol–water partition coefficient (Wildman–Crippen LogP) is 1.34. The van der Waals surface area contributed by atoms with Crippen LogP contribution in [0.4, 0.5) is 11.4 Å². The second-order valence-corrected chi connectivity index (χ2v) is 4.62. The molecule has 0 aliphatic rings. The highest BCUT2D eigenvalue weighted by Gasteiger charge is 2.18. The molecule has 0 aliphatic carbocycles. The molecule has 0 bridgehead atoms. The largest absolute Gasteiger partial charge is 0.397 e. The van der Waals surface area contributed by atoms with Gasteiger partial charge < -0.3 is 21.7 Å². The lowest BCUT2D eigenvalue weighted by molar-refractivity contribution is 0.0174. The van der Waals surface area contributed by atoms with Crippen LogP contribution in [0.5, 0.6) is 0 Å². The molecule has 1 aromatic rings. The molecule has 0 saturated heterocycles. The van der Waals surface area contributed by atoms with Gasteiger partial charge in [-0.05, 0) is 30.5 Å². The molecular formula is C11H17BrN2O2. The maximum absolute atomic E-state index is 9.89. The van der Waals surface area contributed by atoms with Crippen LogP contribution in [0.15, 0.2) is 12.1 Å². The number of aliphatic hydroxyl groups excluding tert-OH is 2. The van der Waals surface area contributed by atoms with E-state index in [4.69, 9.17) is 11.5 Å². The fourth-order valence-corrected chi connectivity index (χ4v) is 1.99. The molecule has 0 saturated carbocycles. The number of benzene rings is 1. The normalized spacial score (nSPS) is 14.8.